The number of rotatable bonds is 0. The summed E-state index contributed by atoms with van der Waals surface area (Å²) in [6, 6.07) is 0. The van der Waals surface area contributed by atoms with E-state index in [1.54, 1.807) is 0 Å². The van der Waals surface area contributed by atoms with Gasteiger partial charge in [0, 0.05) is 12.3 Å². The highest BCUT2D eigenvalue weighted by Gasteiger charge is 2.23. The van der Waals surface area contributed by atoms with Crippen molar-refractivity contribution in [3.05, 3.63) is 53.5 Å². The molecule has 2 radical (unpaired) electrons. The minimum absolute atomic E-state index is 0.486. The van der Waals surface area contributed by atoms with Gasteiger partial charge in [-0.2, -0.15) is 0 Å². The molecule has 12 heavy (non-hydrogen) atoms. The first-order valence-electron chi connectivity index (χ1n) is 4.28. The van der Waals surface area contributed by atoms with Crippen molar-refractivity contribution < 1.29 is 0 Å². The Balaban J connectivity index is 2.40. The van der Waals surface area contributed by atoms with Crippen LogP contribution in [0.2, 0.25) is 0 Å². The molecule has 2 aliphatic rings. The van der Waals surface area contributed by atoms with E-state index in [9.17, 15) is 0 Å². The van der Waals surface area contributed by atoms with Gasteiger partial charge in [0.1, 0.15) is 0 Å². The fourth-order valence-electron chi connectivity index (χ4n) is 1.65. The number of hydrogen-bond acceptors (Lipinski definition) is 0. The predicted molar refractivity (Wildman–Crippen MR) is 51.5 cm³/mol. The molecule has 0 aromatic rings. The molecule has 0 N–H and O–H groups in total. The molecule has 0 aromatic heterocycles. The lowest BCUT2D eigenvalue weighted by Gasteiger charge is -2.06. The summed E-state index contributed by atoms with van der Waals surface area (Å²) in [4.78, 5) is 0. The minimum atomic E-state index is 0.486. The Kier molecular flexibility index (Phi) is 1.76. The van der Waals surface area contributed by atoms with Gasteiger partial charge in [-0.1, -0.05) is 41.5 Å². The molecule has 0 aromatic carbocycles. The van der Waals surface area contributed by atoms with Crippen molar-refractivity contribution in [2.24, 2.45) is 5.92 Å². The molecule has 0 saturated carbocycles. The van der Waals surface area contributed by atoms with Crippen molar-refractivity contribution in [3.63, 3.8) is 0 Å². The van der Waals surface area contributed by atoms with Crippen LogP contribution >= 0.6 is 0 Å². The second-order valence-corrected chi connectivity index (χ2v) is 3.30. The number of fused-ring (bicyclic) bond motifs is 1. The number of allylic oxidation sites excluding steroid dienone is 8. The van der Waals surface area contributed by atoms with Crippen LogP contribution in [0.25, 0.3) is 0 Å². The van der Waals surface area contributed by atoms with Crippen molar-refractivity contribution in [1.29, 1.82) is 0 Å². The third-order valence-corrected chi connectivity index (χ3v) is 2.53. The van der Waals surface area contributed by atoms with Crippen LogP contribution in [0.4, 0.5) is 0 Å². The molecule has 2 rings (SSSR count). The monoisotopic (exact) mass is 156 g/mol. The Hall–Kier alpha value is -1.04. The molecule has 0 nitrogen and oxygen atoms in total. The maximum absolute atomic E-state index is 3.38. The predicted octanol–water partition coefficient (Wildman–Crippen LogP) is 3.09. The minimum Gasteiger partial charge on any atom is -0.0733 e. The zero-order chi connectivity index (χ0) is 8.55. The average molecular weight is 156 g/mol. The van der Waals surface area contributed by atoms with Gasteiger partial charge in [0.2, 0.25) is 0 Å². The van der Waals surface area contributed by atoms with Gasteiger partial charge in [-0.05, 0) is 19.4 Å². The first-order chi connectivity index (χ1) is 5.79. The molecule has 0 saturated heterocycles. The third kappa shape index (κ3) is 1.08. The molecule has 2 aliphatic carbocycles. The summed E-state index contributed by atoms with van der Waals surface area (Å²) in [5, 5.41) is 0. The molecular weight excluding hydrogens is 144 g/mol. The van der Waals surface area contributed by atoms with Crippen LogP contribution in [-0.2, 0) is 0 Å². The molecule has 0 heterocycles. The summed E-state index contributed by atoms with van der Waals surface area (Å²) in [7, 11) is 0. The maximum atomic E-state index is 3.38. The molecule has 0 fully saturated rings. The van der Waals surface area contributed by atoms with Crippen molar-refractivity contribution >= 4 is 0 Å². The van der Waals surface area contributed by atoms with Gasteiger partial charge >= 0.3 is 0 Å². The van der Waals surface area contributed by atoms with Crippen LogP contribution in [0, 0.1) is 12.3 Å². The van der Waals surface area contributed by atoms with Gasteiger partial charge in [0.05, 0.1) is 0 Å². The topological polar surface area (TPSA) is 0 Å². The van der Waals surface area contributed by atoms with Crippen molar-refractivity contribution in [1.82, 2.24) is 0 Å². The fraction of sp³-hybridized carbons (Fsp3) is 0.250. The normalized spacial score (nSPS) is 27.2. The maximum Gasteiger partial charge on any atom is 0.0419 e. The van der Waals surface area contributed by atoms with Crippen LogP contribution in [-0.4, -0.2) is 0 Å². The van der Waals surface area contributed by atoms with E-state index in [0.29, 0.717) is 5.92 Å². The van der Waals surface area contributed by atoms with Gasteiger partial charge in [0.25, 0.3) is 0 Å². The third-order valence-electron chi connectivity index (χ3n) is 2.53. The van der Waals surface area contributed by atoms with E-state index in [0.717, 1.165) is 0 Å². The smallest absolute Gasteiger partial charge is 0.0419 e. The summed E-state index contributed by atoms with van der Waals surface area (Å²) in [5.41, 5.74) is 4.03. The molecular formula is C12H12. The summed E-state index contributed by atoms with van der Waals surface area (Å²) < 4.78 is 0. The zero-order valence-electron chi connectivity index (χ0n) is 7.46. The van der Waals surface area contributed by atoms with Gasteiger partial charge < -0.3 is 0 Å². The standard InChI is InChI=1S/C12H12/c1-9-8-11-6-4-3-5-7-12(11)10(9)2/h3-7,12H,1-2H3. The molecule has 1 unspecified atom stereocenters. The van der Waals surface area contributed by atoms with Crippen LogP contribution in [0.15, 0.2) is 47.1 Å². The van der Waals surface area contributed by atoms with E-state index in [1.165, 1.54) is 16.7 Å². The van der Waals surface area contributed by atoms with E-state index in [-0.39, 0.29) is 0 Å². The van der Waals surface area contributed by atoms with Crippen LogP contribution < -0.4 is 0 Å². The van der Waals surface area contributed by atoms with Crippen molar-refractivity contribution in [2.45, 2.75) is 13.8 Å². The van der Waals surface area contributed by atoms with E-state index in [2.05, 4.69) is 50.6 Å². The second-order valence-electron chi connectivity index (χ2n) is 3.30. The number of hydrogen-bond donors (Lipinski definition) is 0. The Labute approximate surface area is 74.0 Å². The van der Waals surface area contributed by atoms with E-state index in [1.807, 2.05) is 0 Å². The molecule has 0 bridgehead atoms. The largest absolute Gasteiger partial charge is 0.0733 e. The summed E-state index contributed by atoms with van der Waals surface area (Å²) >= 11 is 0. The highest BCUT2D eigenvalue weighted by Crippen LogP contribution is 2.36. The van der Waals surface area contributed by atoms with Crippen molar-refractivity contribution in [3.8, 4) is 0 Å². The highest BCUT2D eigenvalue weighted by atomic mass is 14.3. The quantitative estimate of drug-likeness (QED) is 0.505. The Bertz CT molecular complexity index is 311. The Morgan fingerprint density at radius 3 is 2.83 bits per heavy atom. The molecule has 0 heteroatoms. The van der Waals surface area contributed by atoms with Gasteiger partial charge in [-0.3, -0.25) is 0 Å². The molecule has 60 valence electrons. The molecule has 0 aliphatic heterocycles. The summed E-state index contributed by atoms with van der Waals surface area (Å²) in [5.74, 6) is 0.486. The summed E-state index contributed by atoms with van der Waals surface area (Å²) in [6.45, 7) is 4.31. The first kappa shape index (κ1) is 7.60. The fourth-order valence-corrected chi connectivity index (χ4v) is 1.65. The molecule has 1 atom stereocenters. The zero-order valence-corrected chi connectivity index (χ0v) is 7.46. The lowest BCUT2D eigenvalue weighted by molar-refractivity contribution is 0.947. The van der Waals surface area contributed by atoms with E-state index in [4.69, 9.17) is 0 Å². The lowest BCUT2D eigenvalue weighted by Crippen LogP contribution is -1.94. The first-order valence-corrected chi connectivity index (χ1v) is 4.28. The van der Waals surface area contributed by atoms with Crippen LogP contribution in [0.1, 0.15) is 13.8 Å². The van der Waals surface area contributed by atoms with Crippen LogP contribution in [0.3, 0.4) is 0 Å². The summed E-state index contributed by atoms with van der Waals surface area (Å²) in [6.07, 6.45) is 14.0. The molecule has 0 amide bonds. The Morgan fingerprint density at radius 1 is 1.17 bits per heavy atom. The molecule has 0 spiro atoms. The second kappa shape index (κ2) is 2.78. The highest BCUT2D eigenvalue weighted by molar-refractivity contribution is 5.50. The van der Waals surface area contributed by atoms with Gasteiger partial charge in [-0.25, -0.2) is 0 Å². The van der Waals surface area contributed by atoms with E-state index >= 15 is 0 Å². The van der Waals surface area contributed by atoms with Gasteiger partial charge in [0.15, 0.2) is 0 Å². The SMILES string of the molecule is CC1=C(C)C2C=CC=CC=C2[C]1. The van der Waals surface area contributed by atoms with Crippen molar-refractivity contribution in [2.75, 3.05) is 0 Å². The Morgan fingerprint density at radius 2 is 2.00 bits per heavy atom. The average Bonchev–Trinajstić information content (AvgIpc) is 2.30. The van der Waals surface area contributed by atoms with E-state index < -0.39 is 0 Å². The van der Waals surface area contributed by atoms with Gasteiger partial charge in [-0.15, -0.1) is 0 Å². The van der Waals surface area contributed by atoms with Crippen LogP contribution in [0.5, 0.6) is 0 Å². The lowest BCUT2D eigenvalue weighted by atomic mass is 9.98.